The van der Waals surface area contributed by atoms with E-state index in [0.717, 1.165) is 9.87 Å². The minimum atomic E-state index is -0.581. The van der Waals surface area contributed by atoms with Gasteiger partial charge >= 0.3 is 6.03 Å². The fraction of sp³-hybridized carbons (Fsp3) is 0.0667. The number of amides is 3. The minimum Gasteiger partial charge on any atom is -0.333 e. The fourth-order valence-electron chi connectivity index (χ4n) is 1.65. The van der Waals surface area contributed by atoms with Gasteiger partial charge in [0.2, 0.25) is 0 Å². The lowest BCUT2D eigenvalue weighted by atomic mass is 10.2. The van der Waals surface area contributed by atoms with Crippen molar-refractivity contribution in [1.29, 1.82) is 0 Å². The highest BCUT2D eigenvalue weighted by atomic mass is 35.5. The van der Waals surface area contributed by atoms with Crippen LogP contribution in [0, 0.1) is 0 Å². The number of nitrogens with one attached hydrogen (secondary N) is 1. The zero-order valence-electron chi connectivity index (χ0n) is 11.0. The second kappa shape index (κ2) is 7.15. The first-order chi connectivity index (χ1) is 10.1. The van der Waals surface area contributed by atoms with Gasteiger partial charge in [0.1, 0.15) is 0 Å². The average molecular weight is 321 g/mol. The van der Waals surface area contributed by atoms with Crippen molar-refractivity contribution in [3.05, 3.63) is 70.7 Å². The highest BCUT2D eigenvalue weighted by Gasteiger charge is 2.19. The monoisotopic (exact) mass is 320 g/mol. The number of thiol groups is 1. The van der Waals surface area contributed by atoms with Crippen LogP contribution >= 0.6 is 24.4 Å². The molecule has 0 aromatic heterocycles. The van der Waals surface area contributed by atoms with Crippen LogP contribution in [0.15, 0.2) is 54.6 Å². The van der Waals surface area contributed by atoms with Crippen molar-refractivity contribution in [2.45, 2.75) is 6.54 Å². The van der Waals surface area contributed by atoms with E-state index in [-0.39, 0.29) is 6.54 Å². The SMILES string of the molecule is O=C(NCc1ccc(Cl)cc1)N(S)C(=O)c1ccccc1. The van der Waals surface area contributed by atoms with Crippen LogP contribution in [0.25, 0.3) is 0 Å². The lowest BCUT2D eigenvalue weighted by Gasteiger charge is -2.15. The van der Waals surface area contributed by atoms with Gasteiger partial charge in [-0.3, -0.25) is 4.79 Å². The molecule has 0 atom stereocenters. The number of carbonyl (C=O) groups excluding carboxylic acids is 2. The van der Waals surface area contributed by atoms with Gasteiger partial charge in [-0.25, -0.2) is 9.10 Å². The predicted molar refractivity (Wildman–Crippen MR) is 85.3 cm³/mol. The number of benzene rings is 2. The Morgan fingerprint density at radius 1 is 1.05 bits per heavy atom. The zero-order chi connectivity index (χ0) is 15.2. The van der Waals surface area contributed by atoms with E-state index in [1.165, 1.54) is 0 Å². The molecule has 4 nitrogen and oxygen atoms in total. The molecule has 0 heterocycles. The maximum absolute atomic E-state index is 12.0. The smallest absolute Gasteiger partial charge is 0.333 e. The van der Waals surface area contributed by atoms with Crippen LogP contribution in [-0.4, -0.2) is 16.2 Å². The van der Waals surface area contributed by atoms with E-state index in [1.54, 1.807) is 54.6 Å². The Bertz CT molecular complexity index is 632. The highest BCUT2D eigenvalue weighted by Crippen LogP contribution is 2.10. The Balaban J connectivity index is 1.93. The van der Waals surface area contributed by atoms with Gasteiger partial charge in [0.25, 0.3) is 5.91 Å². The second-order valence-electron chi connectivity index (χ2n) is 4.27. The summed E-state index contributed by atoms with van der Waals surface area (Å²) in [6, 6.07) is 15.0. The van der Waals surface area contributed by atoms with Crippen molar-refractivity contribution >= 4 is 36.4 Å². The normalized spacial score (nSPS) is 10.0. The summed E-state index contributed by atoms with van der Waals surface area (Å²) in [5, 5.41) is 3.24. The van der Waals surface area contributed by atoms with Crippen molar-refractivity contribution in [3.8, 4) is 0 Å². The summed E-state index contributed by atoms with van der Waals surface area (Å²) in [5.74, 6) is -0.479. The van der Waals surface area contributed by atoms with Gasteiger partial charge in [-0.05, 0) is 29.8 Å². The van der Waals surface area contributed by atoms with Crippen LogP contribution < -0.4 is 5.32 Å². The van der Waals surface area contributed by atoms with Gasteiger partial charge in [-0.15, -0.1) is 0 Å². The number of hydrogen-bond acceptors (Lipinski definition) is 3. The molecule has 2 rings (SSSR count). The summed E-state index contributed by atoms with van der Waals surface area (Å²) in [4.78, 5) is 23.9. The van der Waals surface area contributed by atoms with Gasteiger partial charge in [-0.2, -0.15) is 0 Å². The van der Waals surface area contributed by atoms with E-state index in [0.29, 0.717) is 10.6 Å². The Morgan fingerprint density at radius 3 is 2.29 bits per heavy atom. The Hall–Kier alpha value is -1.98. The van der Waals surface area contributed by atoms with Crippen LogP contribution in [0.2, 0.25) is 5.02 Å². The van der Waals surface area contributed by atoms with Gasteiger partial charge in [-0.1, -0.05) is 54.7 Å². The Kier molecular flexibility index (Phi) is 5.25. The fourth-order valence-corrected chi connectivity index (χ4v) is 1.96. The average Bonchev–Trinajstić information content (AvgIpc) is 2.53. The molecule has 0 bridgehead atoms. The first-order valence-electron chi connectivity index (χ1n) is 6.18. The van der Waals surface area contributed by atoms with Gasteiger partial charge in [0, 0.05) is 17.1 Å². The molecular weight excluding hydrogens is 308 g/mol. The molecule has 2 aromatic carbocycles. The molecule has 0 saturated heterocycles. The number of rotatable bonds is 3. The second-order valence-corrected chi connectivity index (χ2v) is 5.10. The highest BCUT2D eigenvalue weighted by molar-refractivity contribution is 7.79. The molecule has 0 unspecified atom stereocenters. The Labute approximate surface area is 133 Å². The van der Waals surface area contributed by atoms with E-state index >= 15 is 0 Å². The first kappa shape index (κ1) is 15.4. The van der Waals surface area contributed by atoms with Crippen molar-refractivity contribution in [1.82, 2.24) is 9.62 Å². The van der Waals surface area contributed by atoms with Crippen LogP contribution in [0.1, 0.15) is 15.9 Å². The molecule has 1 N–H and O–H groups in total. The number of hydrogen-bond donors (Lipinski definition) is 2. The van der Waals surface area contributed by atoms with Crippen LogP contribution in [0.5, 0.6) is 0 Å². The van der Waals surface area contributed by atoms with E-state index in [9.17, 15) is 9.59 Å². The third-order valence-electron chi connectivity index (χ3n) is 2.76. The minimum absolute atomic E-state index is 0.287. The summed E-state index contributed by atoms with van der Waals surface area (Å²) in [5.41, 5.74) is 1.27. The molecule has 21 heavy (non-hydrogen) atoms. The number of urea groups is 1. The van der Waals surface area contributed by atoms with E-state index in [1.807, 2.05) is 0 Å². The quantitative estimate of drug-likeness (QED) is 0.850. The molecule has 2 aromatic rings. The molecule has 108 valence electrons. The largest absolute Gasteiger partial charge is 0.334 e. The maximum Gasteiger partial charge on any atom is 0.334 e. The van der Waals surface area contributed by atoms with Crippen LogP contribution in [-0.2, 0) is 6.54 Å². The third kappa shape index (κ3) is 4.24. The molecule has 0 aliphatic rings. The summed E-state index contributed by atoms with van der Waals surface area (Å²) in [7, 11) is 0. The molecule has 0 aliphatic carbocycles. The van der Waals surface area contributed by atoms with Crippen LogP contribution in [0.3, 0.4) is 0 Å². The molecule has 6 heteroatoms. The van der Waals surface area contributed by atoms with E-state index in [2.05, 4.69) is 18.1 Å². The standard InChI is InChI=1S/C15H13ClN2O2S/c16-13-8-6-11(7-9-13)10-17-15(20)18(21)14(19)12-4-2-1-3-5-12/h1-9,21H,10H2,(H,17,20). The molecule has 0 aliphatic heterocycles. The van der Waals surface area contributed by atoms with Crippen LogP contribution in [0.4, 0.5) is 4.79 Å². The van der Waals surface area contributed by atoms with Gasteiger partial charge in [0.15, 0.2) is 0 Å². The molecule has 0 radical (unpaired) electrons. The van der Waals surface area contributed by atoms with E-state index < -0.39 is 11.9 Å². The van der Waals surface area contributed by atoms with Crippen molar-refractivity contribution in [2.24, 2.45) is 0 Å². The predicted octanol–water partition coefficient (Wildman–Crippen LogP) is 3.54. The summed E-state index contributed by atoms with van der Waals surface area (Å²) < 4.78 is 0.755. The molecule has 0 spiro atoms. The molecule has 0 saturated carbocycles. The number of carbonyl (C=O) groups is 2. The van der Waals surface area contributed by atoms with Crippen molar-refractivity contribution in [2.75, 3.05) is 0 Å². The van der Waals surface area contributed by atoms with Gasteiger partial charge < -0.3 is 5.32 Å². The summed E-state index contributed by atoms with van der Waals surface area (Å²) >= 11 is 9.73. The number of imide groups is 1. The first-order valence-corrected chi connectivity index (χ1v) is 6.96. The summed E-state index contributed by atoms with van der Waals surface area (Å²) in [6.45, 7) is 0.287. The van der Waals surface area contributed by atoms with Crippen molar-refractivity contribution in [3.63, 3.8) is 0 Å². The topological polar surface area (TPSA) is 49.4 Å². The molecule has 3 amide bonds. The molecule has 0 fully saturated rings. The van der Waals surface area contributed by atoms with Crippen molar-refractivity contribution < 1.29 is 9.59 Å². The lowest BCUT2D eigenvalue weighted by molar-refractivity contribution is 0.0895. The number of halogens is 1. The van der Waals surface area contributed by atoms with Gasteiger partial charge in [0.05, 0.1) is 0 Å². The number of nitrogens with zero attached hydrogens (tertiary/aromatic N) is 1. The Morgan fingerprint density at radius 2 is 1.67 bits per heavy atom. The van der Waals surface area contributed by atoms with E-state index in [4.69, 9.17) is 11.6 Å². The maximum atomic E-state index is 12.0. The summed E-state index contributed by atoms with van der Waals surface area (Å²) in [6.07, 6.45) is 0. The molecular formula is C15H13ClN2O2S. The lowest BCUT2D eigenvalue weighted by Crippen LogP contribution is -2.37. The zero-order valence-corrected chi connectivity index (χ0v) is 12.6. The third-order valence-corrected chi connectivity index (χ3v) is 3.38.